The number of nitrogens with zero attached hydrogens (tertiary/aromatic N) is 4. The minimum atomic E-state index is -0.834. The molecule has 0 spiro atoms. The summed E-state index contributed by atoms with van der Waals surface area (Å²) in [7, 11) is 0. The molecular weight excluding hydrogens is 356 g/mol. The van der Waals surface area contributed by atoms with Gasteiger partial charge in [-0.2, -0.15) is 10.4 Å². The van der Waals surface area contributed by atoms with Gasteiger partial charge in [-0.1, -0.05) is 6.92 Å². The largest absolute Gasteiger partial charge is 0.309 e. The monoisotopic (exact) mass is 372 g/mol. The lowest BCUT2D eigenvalue weighted by Gasteiger charge is -2.24. The molecule has 0 radical (unpaired) electrons. The number of aromatic nitrogens is 2. The second-order valence-corrected chi connectivity index (χ2v) is 7.40. The Balaban J connectivity index is 1.83. The van der Waals surface area contributed by atoms with Crippen LogP contribution in [-0.2, 0) is 4.79 Å². The van der Waals surface area contributed by atoms with Crippen molar-refractivity contribution < 1.29 is 4.79 Å². The van der Waals surface area contributed by atoms with Crippen LogP contribution < -0.4 is 4.90 Å². The van der Waals surface area contributed by atoms with Gasteiger partial charge in [0.25, 0.3) is 0 Å². The molecule has 0 unspecified atom stereocenters. The Labute approximate surface area is 143 Å². The van der Waals surface area contributed by atoms with Gasteiger partial charge in [-0.05, 0) is 53.2 Å². The molecule has 1 aliphatic heterocycles. The van der Waals surface area contributed by atoms with E-state index in [0.717, 1.165) is 34.9 Å². The van der Waals surface area contributed by atoms with Crippen molar-refractivity contribution in [2.24, 2.45) is 17.3 Å². The lowest BCUT2D eigenvalue weighted by molar-refractivity contribution is -0.125. The van der Waals surface area contributed by atoms with E-state index in [1.807, 2.05) is 18.3 Å². The Morgan fingerprint density at radius 2 is 2.30 bits per heavy atom. The number of rotatable bonds is 3. The minimum Gasteiger partial charge on any atom is -0.309 e. The molecule has 5 nitrogen and oxygen atoms in total. The number of nitriles is 1. The fraction of sp³-hybridized carbons (Fsp3) is 0.471. The molecule has 1 saturated carbocycles. The first-order valence-electron chi connectivity index (χ1n) is 7.98. The van der Waals surface area contributed by atoms with Gasteiger partial charge in [0, 0.05) is 29.3 Å². The first-order valence-corrected chi connectivity index (χ1v) is 8.77. The topological polar surface area (TPSA) is 61.4 Å². The summed E-state index contributed by atoms with van der Waals surface area (Å²) in [5.74, 6) is 0.297. The van der Waals surface area contributed by atoms with Gasteiger partial charge in [0.2, 0.25) is 5.91 Å². The third-order valence-corrected chi connectivity index (χ3v) is 5.72. The molecular formula is C17H17BrN4O. The van der Waals surface area contributed by atoms with E-state index in [-0.39, 0.29) is 17.7 Å². The zero-order chi connectivity index (χ0) is 16.2. The van der Waals surface area contributed by atoms with Crippen molar-refractivity contribution in [1.29, 1.82) is 5.26 Å². The standard InChI is InChI=1S/C17H17BrN4O/c1-2-11-8-21(16(23)17(11,10-19)12-3-4-12)14-5-6-20-22-9-13(18)7-15(14)22/h5-7,9,11-12H,2-4,8H2,1H3/t11-,17-/m0/s1. The first-order chi connectivity index (χ1) is 11.1. The number of amides is 1. The smallest absolute Gasteiger partial charge is 0.248 e. The molecule has 6 heteroatoms. The maximum absolute atomic E-state index is 13.2. The molecule has 2 aliphatic rings. The van der Waals surface area contributed by atoms with Crippen LogP contribution in [0.4, 0.5) is 5.69 Å². The second-order valence-electron chi connectivity index (χ2n) is 6.48. The fourth-order valence-corrected chi connectivity index (χ4v) is 4.39. The highest BCUT2D eigenvalue weighted by Gasteiger charge is 2.61. The van der Waals surface area contributed by atoms with Crippen molar-refractivity contribution >= 4 is 33.0 Å². The molecule has 118 valence electrons. The Bertz CT molecular complexity index is 835. The molecule has 2 aromatic rings. The zero-order valence-corrected chi connectivity index (χ0v) is 14.5. The molecule has 0 aromatic carbocycles. The summed E-state index contributed by atoms with van der Waals surface area (Å²) in [6.07, 6.45) is 6.40. The Morgan fingerprint density at radius 3 is 2.96 bits per heavy atom. The number of fused-ring (bicyclic) bond motifs is 1. The van der Waals surface area contributed by atoms with Gasteiger partial charge in [-0.3, -0.25) is 4.79 Å². The first kappa shape index (κ1) is 14.7. The third kappa shape index (κ3) is 1.96. The number of anilines is 1. The maximum Gasteiger partial charge on any atom is 0.248 e. The summed E-state index contributed by atoms with van der Waals surface area (Å²) in [4.78, 5) is 15.0. The van der Waals surface area contributed by atoms with E-state index < -0.39 is 5.41 Å². The van der Waals surface area contributed by atoms with Gasteiger partial charge in [0.15, 0.2) is 0 Å². The molecule has 0 N–H and O–H groups in total. The summed E-state index contributed by atoms with van der Waals surface area (Å²) in [5, 5.41) is 14.1. The van der Waals surface area contributed by atoms with Crippen molar-refractivity contribution in [1.82, 2.24) is 9.61 Å². The van der Waals surface area contributed by atoms with E-state index in [2.05, 4.69) is 34.0 Å². The molecule has 2 aromatic heterocycles. The van der Waals surface area contributed by atoms with Crippen LogP contribution in [0.5, 0.6) is 0 Å². The summed E-state index contributed by atoms with van der Waals surface area (Å²) in [5.41, 5.74) is 0.887. The number of hydrogen-bond donors (Lipinski definition) is 0. The van der Waals surface area contributed by atoms with Gasteiger partial charge >= 0.3 is 0 Å². The van der Waals surface area contributed by atoms with Crippen LogP contribution in [-0.4, -0.2) is 22.1 Å². The van der Waals surface area contributed by atoms with Gasteiger partial charge in [0.05, 0.1) is 17.3 Å². The van der Waals surface area contributed by atoms with Crippen molar-refractivity contribution in [3.8, 4) is 6.07 Å². The average molecular weight is 373 g/mol. The van der Waals surface area contributed by atoms with E-state index in [4.69, 9.17) is 0 Å². The number of carbonyl (C=O) groups excluding carboxylic acids is 1. The maximum atomic E-state index is 13.2. The zero-order valence-electron chi connectivity index (χ0n) is 12.9. The van der Waals surface area contributed by atoms with E-state index in [0.29, 0.717) is 6.54 Å². The van der Waals surface area contributed by atoms with Gasteiger partial charge < -0.3 is 4.90 Å². The highest BCUT2D eigenvalue weighted by molar-refractivity contribution is 9.10. The second kappa shape index (κ2) is 5.07. The normalized spacial score (nSPS) is 27.6. The molecule has 1 saturated heterocycles. The Kier molecular flexibility index (Phi) is 3.24. The van der Waals surface area contributed by atoms with Crippen molar-refractivity contribution in [2.45, 2.75) is 26.2 Å². The molecule has 0 bridgehead atoms. The third-order valence-electron chi connectivity index (χ3n) is 5.29. The van der Waals surface area contributed by atoms with E-state index in [1.165, 1.54) is 0 Å². The van der Waals surface area contributed by atoms with E-state index >= 15 is 0 Å². The van der Waals surface area contributed by atoms with E-state index in [9.17, 15) is 10.1 Å². The van der Waals surface area contributed by atoms with Crippen LogP contribution in [0.25, 0.3) is 5.52 Å². The average Bonchev–Trinajstić information content (AvgIpc) is 3.26. The number of halogens is 1. The van der Waals surface area contributed by atoms with Crippen LogP contribution in [0.15, 0.2) is 29.0 Å². The van der Waals surface area contributed by atoms with Gasteiger partial charge in [0.1, 0.15) is 5.41 Å². The molecule has 1 aliphatic carbocycles. The van der Waals surface area contributed by atoms with E-state index in [1.54, 1.807) is 15.6 Å². The fourth-order valence-electron chi connectivity index (χ4n) is 3.98. The molecule has 2 atom stereocenters. The van der Waals surface area contributed by atoms with Crippen molar-refractivity contribution in [3.05, 3.63) is 29.0 Å². The minimum absolute atomic E-state index is 0.0280. The van der Waals surface area contributed by atoms with Gasteiger partial charge in [-0.25, -0.2) is 4.52 Å². The predicted molar refractivity (Wildman–Crippen MR) is 89.8 cm³/mol. The lowest BCUT2D eigenvalue weighted by Crippen LogP contribution is -2.37. The van der Waals surface area contributed by atoms with Crippen LogP contribution in [0.2, 0.25) is 0 Å². The number of hydrogen-bond acceptors (Lipinski definition) is 3. The molecule has 1 amide bonds. The van der Waals surface area contributed by atoms with Crippen LogP contribution in [0.3, 0.4) is 0 Å². The summed E-state index contributed by atoms with van der Waals surface area (Å²) in [6.45, 7) is 2.69. The van der Waals surface area contributed by atoms with Crippen LogP contribution in [0.1, 0.15) is 26.2 Å². The molecule has 2 fully saturated rings. The van der Waals surface area contributed by atoms with Crippen molar-refractivity contribution in [2.75, 3.05) is 11.4 Å². The summed E-state index contributed by atoms with van der Waals surface area (Å²) >= 11 is 3.46. The highest BCUT2D eigenvalue weighted by atomic mass is 79.9. The van der Waals surface area contributed by atoms with Gasteiger partial charge in [-0.15, -0.1) is 0 Å². The van der Waals surface area contributed by atoms with Crippen LogP contribution >= 0.6 is 15.9 Å². The summed E-state index contributed by atoms with van der Waals surface area (Å²) in [6, 6.07) is 6.25. The van der Waals surface area contributed by atoms with Crippen LogP contribution in [0, 0.1) is 28.6 Å². The SMILES string of the molecule is CC[C@H]1CN(c2ccnn3cc(Br)cc23)C(=O)[C@]1(C#N)C1CC1. The number of carbonyl (C=O) groups is 1. The Hall–Kier alpha value is -1.87. The molecule has 4 rings (SSSR count). The summed E-state index contributed by atoms with van der Waals surface area (Å²) < 4.78 is 2.68. The highest BCUT2D eigenvalue weighted by Crippen LogP contribution is 2.55. The molecule has 3 heterocycles. The quantitative estimate of drug-likeness (QED) is 0.829. The lowest BCUT2D eigenvalue weighted by atomic mass is 9.73. The van der Waals surface area contributed by atoms with Crippen molar-refractivity contribution in [3.63, 3.8) is 0 Å². The predicted octanol–water partition coefficient (Wildman–Crippen LogP) is 3.39. The molecule has 23 heavy (non-hydrogen) atoms. The Morgan fingerprint density at radius 1 is 1.52 bits per heavy atom.